The number of hydrogen-bond acceptors (Lipinski definition) is 6. The maximum Gasteiger partial charge on any atom is 0.319 e. The summed E-state index contributed by atoms with van der Waals surface area (Å²) in [7, 11) is 0. The van der Waals surface area contributed by atoms with E-state index in [-0.39, 0.29) is 12.2 Å². The van der Waals surface area contributed by atoms with Crippen LogP contribution in [0.2, 0.25) is 0 Å². The molecule has 2 aromatic heterocycles. The minimum absolute atomic E-state index is 0.287. The highest BCUT2D eigenvalue weighted by Gasteiger charge is 2.22. The monoisotopic (exact) mass is 423 g/mol. The number of nitrogen functional groups attached to an aromatic ring is 1. The van der Waals surface area contributed by atoms with Crippen LogP contribution in [0.5, 0.6) is 6.01 Å². The molecule has 0 bridgehead atoms. The zero-order valence-electron chi connectivity index (χ0n) is 18.7. The van der Waals surface area contributed by atoms with Crippen LogP contribution in [0.3, 0.4) is 0 Å². The number of fused-ring (bicyclic) bond motifs is 1. The highest BCUT2D eigenvalue weighted by atomic mass is 16.5. The minimum atomic E-state index is 0.287. The summed E-state index contributed by atoms with van der Waals surface area (Å²) >= 11 is 0. The number of nitrogens with zero attached hydrogens (tertiary/aromatic N) is 3. The standard InChI is InChI=1S/C24H33N5O2/c1-4-5-10-30-24-27-21-20(12-26-22(21)23(25)28-24)11-18-6-8-19(9-7-18)15-29-13-16(2)31-17(3)14-29/h6-9,12,16-17,26H,4-5,10-11,13-15H2,1-3H3,(H2,25,27,28). The van der Waals surface area contributed by atoms with Crippen LogP contribution in [0.15, 0.2) is 30.5 Å². The number of ether oxygens (including phenoxy) is 2. The van der Waals surface area contributed by atoms with Crippen molar-refractivity contribution in [1.82, 2.24) is 19.9 Å². The van der Waals surface area contributed by atoms with E-state index in [4.69, 9.17) is 15.2 Å². The summed E-state index contributed by atoms with van der Waals surface area (Å²) in [6.45, 7) is 9.92. The molecule has 7 heteroatoms. The number of unbranched alkanes of at least 4 members (excludes halogenated alkanes) is 1. The SMILES string of the molecule is CCCCOc1nc(N)c2[nH]cc(Cc3ccc(CN4CC(C)OC(C)C4)cc3)c2n1. The zero-order chi connectivity index (χ0) is 21.8. The molecule has 166 valence electrons. The summed E-state index contributed by atoms with van der Waals surface area (Å²) in [4.78, 5) is 14.6. The van der Waals surface area contributed by atoms with E-state index in [9.17, 15) is 0 Å². The summed E-state index contributed by atoms with van der Waals surface area (Å²) in [6, 6.07) is 9.19. The van der Waals surface area contributed by atoms with Crippen molar-refractivity contribution < 1.29 is 9.47 Å². The largest absolute Gasteiger partial charge is 0.463 e. The number of anilines is 1. The van der Waals surface area contributed by atoms with Gasteiger partial charge in [-0.25, -0.2) is 0 Å². The van der Waals surface area contributed by atoms with Gasteiger partial charge in [0.2, 0.25) is 0 Å². The molecule has 1 fully saturated rings. The number of aromatic nitrogens is 3. The molecule has 0 aliphatic carbocycles. The van der Waals surface area contributed by atoms with Crippen LogP contribution in [-0.2, 0) is 17.7 Å². The van der Waals surface area contributed by atoms with Gasteiger partial charge >= 0.3 is 6.01 Å². The molecule has 1 aromatic carbocycles. The Balaban J connectivity index is 1.45. The van der Waals surface area contributed by atoms with Crippen molar-refractivity contribution >= 4 is 16.9 Å². The lowest BCUT2D eigenvalue weighted by Crippen LogP contribution is -2.44. The first kappa shape index (κ1) is 21.6. The fraction of sp³-hybridized carbons (Fsp3) is 0.500. The van der Waals surface area contributed by atoms with Crippen molar-refractivity contribution in [1.29, 1.82) is 0 Å². The maximum absolute atomic E-state index is 6.12. The van der Waals surface area contributed by atoms with Crippen LogP contribution in [0.4, 0.5) is 5.82 Å². The number of H-pyrrole nitrogens is 1. The molecule has 3 N–H and O–H groups in total. The highest BCUT2D eigenvalue weighted by molar-refractivity contribution is 5.87. The number of rotatable bonds is 8. The van der Waals surface area contributed by atoms with Gasteiger partial charge < -0.3 is 20.2 Å². The molecule has 0 spiro atoms. The molecule has 4 rings (SSSR count). The van der Waals surface area contributed by atoms with Gasteiger partial charge in [-0.05, 0) is 31.4 Å². The molecule has 31 heavy (non-hydrogen) atoms. The first-order chi connectivity index (χ1) is 15.0. The molecule has 2 unspecified atom stereocenters. The van der Waals surface area contributed by atoms with Crippen molar-refractivity contribution in [3.05, 3.63) is 47.2 Å². The van der Waals surface area contributed by atoms with Crippen LogP contribution in [0.1, 0.15) is 50.3 Å². The Morgan fingerprint density at radius 2 is 1.84 bits per heavy atom. The summed E-state index contributed by atoms with van der Waals surface area (Å²) in [5.41, 5.74) is 11.4. The normalized spacial score (nSPS) is 19.7. The molecule has 2 atom stereocenters. The molecule has 7 nitrogen and oxygen atoms in total. The summed E-state index contributed by atoms with van der Waals surface area (Å²) < 4.78 is 11.5. The minimum Gasteiger partial charge on any atom is -0.463 e. The Morgan fingerprint density at radius 1 is 1.13 bits per heavy atom. The Bertz CT molecular complexity index is 991. The van der Waals surface area contributed by atoms with Gasteiger partial charge in [-0.2, -0.15) is 9.97 Å². The Kier molecular flexibility index (Phi) is 6.73. The van der Waals surface area contributed by atoms with Crippen molar-refractivity contribution in [2.24, 2.45) is 0 Å². The first-order valence-electron chi connectivity index (χ1n) is 11.2. The third-order valence-corrected chi connectivity index (χ3v) is 5.66. The third kappa shape index (κ3) is 5.35. The number of morpholine rings is 1. The Labute approximate surface area is 184 Å². The number of hydrogen-bond donors (Lipinski definition) is 2. The van der Waals surface area contributed by atoms with E-state index in [1.807, 2.05) is 6.20 Å². The molecule has 0 radical (unpaired) electrons. The number of benzene rings is 1. The second-order valence-electron chi connectivity index (χ2n) is 8.58. The zero-order valence-corrected chi connectivity index (χ0v) is 18.7. The van der Waals surface area contributed by atoms with Gasteiger partial charge in [-0.15, -0.1) is 0 Å². The molecule has 1 saturated heterocycles. The molecule has 1 aliphatic rings. The van der Waals surface area contributed by atoms with Gasteiger partial charge in [0.15, 0.2) is 5.82 Å². The van der Waals surface area contributed by atoms with E-state index in [1.165, 1.54) is 11.1 Å². The van der Waals surface area contributed by atoms with Crippen LogP contribution in [0, 0.1) is 0 Å². The third-order valence-electron chi connectivity index (χ3n) is 5.66. The van der Waals surface area contributed by atoms with Gasteiger partial charge in [-0.3, -0.25) is 4.90 Å². The number of nitrogens with one attached hydrogen (secondary N) is 1. The second-order valence-corrected chi connectivity index (χ2v) is 8.58. The van der Waals surface area contributed by atoms with Crippen LogP contribution >= 0.6 is 0 Å². The second kappa shape index (κ2) is 9.66. The molecular weight excluding hydrogens is 390 g/mol. The lowest BCUT2D eigenvalue weighted by molar-refractivity contribution is -0.0704. The van der Waals surface area contributed by atoms with Crippen molar-refractivity contribution in [2.75, 3.05) is 25.4 Å². The Morgan fingerprint density at radius 3 is 2.55 bits per heavy atom. The fourth-order valence-electron chi connectivity index (χ4n) is 4.22. The van der Waals surface area contributed by atoms with E-state index in [1.54, 1.807) is 0 Å². The highest BCUT2D eigenvalue weighted by Crippen LogP contribution is 2.25. The average Bonchev–Trinajstić information content (AvgIpc) is 3.12. The maximum atomic E-state index is 6.12. The first-order valence-corrected chi connectivity index (χ1v) is 11.2. The van der Waals surface area contributed by atoms with E-state index < -0.39 is 0 Å². The molecule has 1 aliphatic heterocycles. The smallest absolute Gasteiger partial charge is 0.319 e. The van der Waals surface area contributed by atoms with Gasteiger partial charge in [0, 0.05) is 37.8 Å². The molecular formula is C24H33N5O2. The number of aromatic amines is 1. The summed E-state index contributed by atoms with van der Waals surface area (Å²) in [6.07, 6.45) is 5.35. The van der Waals surface area contributed by atoms with Crippen molar-refractivity contribution in [3.63, 3.8) is 0 Å². The van der Waals surface area contributed by atoms with E-state index in [0.717, 1.165) is 55.5 Å². The van der Waals surface area contributed by atoms with Gasteiger partial charge in [0.05, 0.1) is 18.8 Å². The van der Waals surface area contributed by atoms with Crippen LogP contribution in [-0.4, -0.2) is 51.8 Å². The van der Waals surface area contributed by atoms with Gasteiger partial charge in [-0.1, -0.05) is 37.6 Å². The average molecular weight is 424 g/mol. The lowest BCUT2D eigenvalue weighted by atomic mass is 10.0. The topological polar surface area (TPSA) is 89.3 Å². The van der Waals surface area contributed by atoms with E-state index in [0.29, 0.717) is 18.4 Å². The van der Waals surface area contributed by atoms with E-state index >= 15 is 0 Å². The molecule has 3 heterocycles. The van der Waals surface area contributed by atoms with Gasteiger partial charge in [0.1, 0.15) is 11.0 Å². The van der Waals surface area contributed by atoms with Crippen LogP contribution in [0.25, 0.3) is 11.0 Å². The molecule has 0 amide bonds. The number of nitrogens with two attached hydrogens (primary N) is 1. The summed E-state index contributed by atoms with van der Waals surface area (Å²) in [5, 5.41) is 0. The predicted molar refractivity (Wildman–Crippen MR) is 123 cm³/mol. The molecule has 3 aromatic rings. The van der Waals surface area contributed by atoms with Gasteiger partial charge in [0.25, 0.3) is 0 Å². The fourth-order valence-corrected chi connectivity index (χ4v) is 4.22. The lowest BCUT2D eigenvalue weighted by Gasteiger charge is -2.35. The Hall–Kier alpha value is -2.64. The van der Waals surface area contributed by atoms with Crippen molar-refractivity contribution in [2.45, 2.75) is 58.8 Å². The molecule has 0 saturated carbocycles. The van der Waals surface area contributed by atoms with E-state index in [2.05, 4.69) is 64.9 Å². The summed E-state index contributed by atoms with van der Waals surface area (Å²) in [5.74, 6) is 0.423. The van der Waals surface area contributed by atoms with Crippen molar-refractivity contribution in [3.8, 4) is 6.01 Å². The quantitative estimate of drug-likeness (QED) is 0.534. The predicted octanol–water partition coefficient (Wildman–Crippen LogP) is 3.92. The van der Waals surface area contributed by atoms with Crippen LogP contribution < -0.4 is 10.5 Å².